The van der Waals surface area contributed by atoms with Crippen LogP contribution in [0.3, 0.4) is 0 Å². The van der Waals surface area contributed by atoms with E-state index < -0.39 is 49.5 Å². The van der Waals surface area contributed by atoms with Gasteiger partial charge in [-0.15, -0.1) is 0 Å². The van der Waals surface area contributed by atoms with Crippen LogP contribution in [0, 0.1) is 0 Å². The summed E-state index contributed by atoms with van der Waals surface area (Å²) in [5, 5.41) is 54.6. The quantitative estimate of drug-likeness (QED) is 0.0261. The second-order valence-electron chi connectivity index (χ2n) is 22.9. The first-order valence-electron chi connectivity index (χ1n) is 34.4. The van der Waals surface area contributed by atoms with E-state index in [-0.39, 0.29) is 12.5 Å². The van der Waals surface area contributed by atoms with Crippen molar-refractivity contribution in [3.05, 3.63) is 170 Å². The van der Waals surface area contributed by atoms with Gasteiger partial charge >= 0.3 is 0 Å². The van der Waals surface area contributed by atoms with Gasteiger partial charge < -0.3 is 40.3 Å². The lowest BCUT2D eigenvalue weighted by Gasteiger charge is -2.40. The molecule has 0 aromatic carbocycles. The van der Waals surface area contributed by atoms with Crippen LogP contribution in [0.4, 0.5) is 0 Å². The van der Waals surface area contributed by atoms with E-state index in [0.29, 0.717) is 12.8 Å². The molecule has 1 fully saturated rings. The molecule has 1 heterocycles. The van der Waals surface area contributed by atoms with Crippen LogP contribution in [0.5, 0.6) is 0 Å². The molecule has 0 aromatic heterocycles. The first-order valence-corrected chi connectivity index (χ1v) is 34.4. The molecule has 9 nitrogen and oxygen atoms in total. The molecule has 0 radical (unpaired) electrons. The van der Waals surface area contributed by atoms with Crippen LogP contribution >= 0.6 is 0 Å². The van der Waals surface area contributed by atoms with Crippen molar-refractivity contribution in [2.45, 2.75) is 294 Å². The van der Waals surface area contributed by atoms with Crippen molar-refractivity contribution >= 4 is 5.91 Å². The van der Waals surface area contributed by atoms with Crippen molar-refractivity contribution in [1.82, 2.24) is 5.32 Å². The second-order valence-corrected chi connectivity index (χ2v) is 22.9. The summed E-state index contributed by atoms with van der Waals surface area (Å²) in [6, 6.07) is -0.850. The van der Waals surface area contributed by atoms with Crippen LogP contribution in [-0.2, 0) is 14.3 Å². The highest BCUT2D eigenvalue weighted by Gasteiger charge is 2.44. The predicted octanol–water partition coefficient (Wildman–Crippen LogP) is 18.9. The molecule has 0 bridgehead atoms. The minimum Gasteiger partial charge on any atom is -0.394 e. The Kier molecular flexibility index (Phi) is 58.8. The molecule has 1 aliphatic rings. The number of unbranched alkanes of at least 4 members (excludes halogenated alkanes) is 21. The highest BCUT2D eigenvalue weighted by molar-refractivity contribution is 5.76. The Morgan fingerprint density at radius 3 is 1.12 bits per heavy atom. The second kappa shape index (κ2) is 63.6. The van der Waals surface area contributed by atoms with Crippen LogP contribution in [0.1, 0.15) is 251 Å². The van der Waals surface area contributed by atoms with Crippen LogP contribution in [0.25, 0.3) is 0 Å². The van der Waals surface area contributed by atoms with E-state index in [1.54, 1.807) is 6.08 Å². The summed E-state index contributed by atoms with van der Waals surface area (Å²) in [4.78, 5) is 13.1. The lowest BCUT2D eigenvalue weighted by atomic mass is 9.99. The summed E-state index contributed by atoms with van der Waals surface area (Å²) in [5.74, 6) is -0.217. The van der Waals surface area contributed by atoms with Crippen LogP contribution in [-0.4, -0.2) is 87.5 Å². The fraction of sp³-hybridized carbons (Fsp3) is 0.623. The number of ether oxygens (including phenoxy) is 2. The SMILES string of the molecule is CC/C=C\C/C=C\C/C=C\C/C=C\C/C=C\C/C=C\C/C=C\C/C=C\C/C=C\C/C=C\C/C=C\C/C=C\CCCCCCC(=O)NC(COC1OC(CO)C(O)C(O)C1O)C(O)/C=C/CC/C=C/CCCCCCCCCCCCCCCCCC. The van der Waals surface area contributed by atoms with Crippen molar-refractivity contribution in [1.29, 1.82) is 0 Å². The Labute approximate surface area is 526 Å². The van der Waals surface area contributed by atoms with Crippen LogP contribution < -0.4 is 5.32 Å². The fourth-order valence-corrected chi connectivity index (χ4v) is 9.68. The van der Waals surface area contributed by atoms with Gasteiger partial charge in [-0.2, -0.15) is 0 Å². The van der Waals surface area contributed by atoms with Crippen molar-refractivity contribution in [2.75, 3.05) is 13.2 Å². The van der Waals surface area contributed by atoms with Gasteiger partial charge in [0.25, 0.3) is 0 Å². The molecule has 86 heavy (non-hydrogen) atoms. The maximum absolute atomic E-state index is 13.1. The number of hydrogen-bond acceptors (Lipinski definition) is 8. The zero-order chi connectivity index (χ0) is 62.1. The van der Waals surface area contributed by atoms with Gasteiger partial charge in [0.1, 0.15) is 24.4 Å². The van der Waals surface area contributed by atoms with Gasteiger partial charge in [-0.25, -0.2) is 0 Å². The Morgan fingerprint density at radius 1 is 0.407 bits per heavy atom. The number of rotatable bonds is 57. The first kappa shape index (κ1) is 79.6. The van der Waals surface area contributed by atoms with E-state index in [2.05, 4.69) is 177 Å². The van der Waals surface area contributed by atoms with E-state index in [0.717, 1.165) is 122 Å². The highest BCUT2D eigenvalue weighted by atomic mass is 16.7. The maximum Gasteiger partial charge on any atom is 0.220 e. The smallest absolute Gasteiger partial charge is 0.220 e. The highest BCUT2D eigenvalue weighted by Crippen LogP contribution is 2.23. The fourth-order valence-electron chi connectivity index (χ4n) is 9.68. The molecular formula is C77H125NO8. The van der Waals surface area contributed by atoms with Gasteiger partial charge in [-0.1, -0.05) is 293 Å². The van der Waals surface area contributed by atoms with Gasteiger partial charge in [0.15, 0.2) is 6.29 Å². The number of aliphatic hydroxyl groups is 5. The lowest BCUT2D eigenvalue weighted by Crippen LogP contribution is -2.60. The van der Waals surface area contributed by atoms with E-state index in [4.69, 9.17) is 9.47 Å². The Hall–Kier alpha value is -4.45. The maximum atomic E-state index is 13.1. The number of nitrogens with one attached hydrogen (secondary N) is 1. The average Bonchev–Trinajstić information content (AvgIpc) is 2.36. The summed E-state index contributed by atoms with van der Waals surface area (Å²) in [7, 11) is 0. The molecule has 1 aliphatic heterocycles. The molecule has 0 saturated carbocycles. The number of carbonyl (C=O) groups excluding carboxylic acids is 1. The van der Waals surface area contributed by atoms with E-state index in [9.17, 15) is 30.3 Å². The third-order valence-corrected chi connectivity index (χ3v) is 15.0. The van der Waals surface area contributed by atoms with Crippen LogP contribution in [0.2, 0.25) is 0 Å². The van der Waals surface area contributed by atoms with E-state index >= 15 is 0 Å². The minimum atomic E-state index is -1.59. The van der Waals surface area contributed by atoms with Gasteiger partial charge in [0.2, 0.25) is 5.91 Å². The summed E-state index contributed by atoms with van der Waals surface area (Å²) >= 11 is 0. The number of carbonyl (C=O) groups is 1. The molecule has 1 amide bonds. The van der Waals surface area contributed by atoms with Crippen molar-refractivity contribution in [2.24, 2.45) is 0 Å². The molecular weight excluding hydrogens is 1070 g/mol. The minimum absolute atomic E-state index is 0.217. The predicted molar refractivity (Wildman–Crippen MR) is 368 cm³/mol. The van der Waals surface area contributed by atoms with Crippen molar-refractivity contribution in [3.8, 4) is 0 Å². The van der Waals surface area contributed by atoms with Gasteiger partial charge in [-0.3, -0.25) is 4.79 Å². The van der Waals surface area contributed by atoms with Crippen molar-refractivity contribution < 1.29 is 39.8 Å². The van der Waals surface area contributed by atoms with Crippen LogP contribution in [0.15, 0.2) is 170 Å². The first-order chi connectivity index (χ1) is 42.3. The summed E-state index contributed by atoms with van der Waals surface area (Å²) in [6.07, 6.45) is 94.4. The van der Waals surface area contributed by atoms with Gasteiger partial charge in [0, 0.05) is 6.42 Å². The number of hydrogen-bond donors (Lipinski definition) is 6. The summed E-state index contributed by atoms with van der Waals surface area (Å²) in [6.45, 7) is 3.64. The zero-order valence-electron chi connectivity index (χ0n) is 54.2. The topological polar surface area (TPSA) is 149 Å². The molecule has 9 heteroatoms. The Bertz CT molecular complexity index is 1960. The largest absolute Gasteiger partial charge is 0.394 e. The number of allylic oxidation sites excluding steroid dienone is 27. The molecule has 7 unspecified atom stereocenters. The normalized spacial score (nSPS) is 19.2. The monoisotopic (exact) mass is 1190 g/mol. The molecule has 1 rings (SSSR count). The molecule has 0 aliphatic carbocycles. The van der Waals surface area contributed by atoms with Crippen molar-refractivity contribution in [3.63, 3.8) is 0 Å². The van der Waals surface area contributed by atoms with Gasteiger partial charge in [0.05, 0.1) is 25.4 Å². The Morgan fingerprint density at radius 2 is 0.733 bits per heavy atom. The molecule has 1 saturated heterocycles. The lowest BCUT2D eigenvalue weighted by molar-refractivity contribution is -0.302. The third-order valence-electron chi connectivity index (χ3n) is 15.0. The summed E-state index contributed by atoms with van der Waals surface area (Å²) < 4.78 is 11.3. The molecule has 486 valence electrons. The standard InChI is InChI=1S/C77H125NO8/c1-3-5-7-9-11-13-15-17-19-21-23-25-27-28-29-30-31-32-33-34-35-36-37-38-39-40-41-42-43-44-45-47-49-51-53-55-57-59-61-63-65-67-73(81)78-70(69-85-77-76(84)75(83)74(82)72(68-79)86-77)71(80)66-64-62-60-58-56-54-52-50-48-46-26-24-22-20-18-16-14-12-10-8-6-4-2/h5,7,11,13,17,19,23,25,28-29,31-32,34-35,37-38,40-41,43-44,47,49,53,55-56,58,64,66,70-72,74-77,79-80,82-84H,3-4,6,8-10,12,14-16,18,20-22,24,26-27,30,33,36,39,42,45-46,48,50-52,54,57,59-63,65,67-69H2,1-2H3,(H,78,81)/b7-5-,13-11-,19-17-,25-23-,29-28-,32-31-,35-34-,38-37-,41-40-,44-43-,49-47-,55-53-,58-56+,66-64+. The number of aliphatic hydroxyl groups excluding tert-OH is 5. The molecule has 0 spiro atoms. The molecule has 6 N–H and O–H groups in total. The van der Waals surface area contributed by atoms with E-state index in [1.807, 2.05) is 6.08 Å². The summed E-state index contributed by atoms with van der Waals surface area (Å²) in [5.41, 5.74) is 0. The average molecular weight is 1190 g/mol. The number of amides is 1. The Balaban J connectivity index is 2.22. The van der Waals surface area contributed by atoms with E-state index in [1.165, 1.54) is 103 Å². The molecule has 0 aromatic rings. The van der Waals surface area contributed by atoms with Gasteiger partial charge in [-0.05, 0) is 122 Å². The third kappa shape index (κ3) is 51.6. The zero-order valence-corrected chi connectivity index (χ0v) is 54.2. The molecule has 7 atom stereocenters.